The van der Waals surface area contributed by atoms with Crippen molar-refractivity contribution in [1.82, 2.24) is 9.66 Å². The summed E-state index contributed by atoms with van der Waals surface area (Å²) in [7, 11) is 0. The lowest BCUT2D eigenvalue weighted by Crippen LogP contribution is -2.20. The largest absolute Gasteiger partial charge is 0.490 e. The molecule has 200 valence electrons. The highest BCUT2D eigenvalue weighted by atomic mass is 35.5. The molecule has 5 aromatic rings. The van der Waals surface area contributed by atoms with Gasteiger partial charge in [-0.3, -0.25) is 14.9 Å². The minimum Gasteiger partial charge on any atom is -0.490 e. The Morgan fingerprint density at radius 1 is 1.00 bits per heavy atom. The number of para-hydroxylation sites is 1. The highest BCUT2D eigenvalue weighted by Crippen LogP contribution is 2.37. The smallest absolute Gasteiger partial charge is 0.282 e. The van der Waals surface area contributed by atoms with Crippen LogP contribution in [0.1, 0.15) is 18.1 Å². The molecule has 0 unspecified atom stereocenters. The topological polar surface area (TPSA) is 109 Å². The third kappa shape index (κ3) is 5.69. The van der Waals surface area contributed by atoms with Gasteiger partial charge in [0.05, 0.1) is 33.7 Å². The normalized spacial score (nSPS) is 11.2. The lowest BCUT2D eigenvalue weighted by Gasteiger charge is -2.14. The Morgan fingerprint density at radius 2 is 1.73 bits per heavy atom. The second-order valence-electron chi connectivity index (χ2n) is 8.66. The number of rotatable bonds is 9. The number of non-ortho nitro benzene ring substituents is 1. The lowest BCUT2D eigenvalue weighted by atomic mass is 10.2. The van der Waals surface area contributed by atoms with Crippen molar-refractivity contribution in [2.75, 3.05) is 6.61 Å². The van der Waals surface area contributed by atoms with E-state index in [2.05, 4.69) is 5.10 Å². The monoisotopic (exact) mass is 554 g/mol. The predicted molar refractivity (Wildman–Crippen MR) is 154 cm³/mol. The number of halogens is 1. The maximum Gasteiger partial charge on any atom is 0.282 e. The molecule has 0 radical (unpaired) electrons. The Labute approximate surface area is 234 Å². The van der Waals surface area contributed by atoms with E-state index < -0.39 is 4.92 Å². The molecule has 0 aliphatic carbocycles. The van der Waals surface area contributed by atoms with Gasteiger partial charge in [0.15, 0.2) is 17.3 Å². The summed E-state index contributed by atoms with van der Waals surface area (Å²) >= 11 is 6.58. The third-order valence-corrected chi connectivity index (χ3v) is 6.25. The Bertz CT molecular complexity index is 1770. The van der Waals surface area contributed by atoms with Gasteiger partial charge in [-0.05, 0) is 54.4 Å². The molecular formula is C30H23ClN4O5. The van der Waals surface area contributed by atoms with Crippen LogP contribution in [0.3, 0.4) is 0 Å². The minimum absolute atomic E-state index is 0.00318. The fourth-order valence-corrected chi connectivity index (χ4v) is 4.34. The molecule has 0 atom stereocenters. The molecule has 4 aromatic carbocycles. The number of hydrogen-bond donors (Lipinski definition) is 0. The van der Waals surface area contributed by atoms with Crippen LogP contribution in [0, 0.1) is 10.1 Å². The summed E-state index contributed by atoms with van der Waals surface area (Å²) in [4.78, 5) is 28.6. The van der Waals surface area contributed by atoms with Crippen LogP contribution in [-0.4, -0.2) is 27.4 Å². The first-order valence-corrected chi connectivity index (χ1v) is 12.8. The Kier molecular flexibility index (Phi) is 7.84. The lowest BCUT2D eigenvalue weighted by molar-refractivity contribution is -0.384. The zero-order valence-corrected chi connectivity index (χ0v) is 22.1. The predicted octanol–water partition coefficient (Wildman–Crippen LogP) is 6.49. The molecule has 0 aliphatic heterocycles. The second-order valence-corrected chi connectivity index (χ2v) is 9.06. The molecule has 0 N–H and O–H groups in total. The van der Waals surface area contributed by atoms with E-state index in [0.29, 0.717) is 40.4 Å². The van der Waals surface area contributed by atoms with Crippen LogP contribution in [-0.2, 0) is 6.61 Å². The molecule has 0 bridgehead atoms. The fourth-order valence-electron chi connectivity index (χ4n) is 4.06. The molecule has 0 saturated heterocycles. The average Bonchev–Trinajstić information content (AvgIpc) is 2.97. The van der Waals surface area contributed by atoms with Gasteiger partial charge in [-0.2, -0.15) is 9.78 Å². The molecule has 0 amide bonds. The first-order valence-electron chi connectivity index (χ1n) is 12.4. The number of nitro groups is 1. The maximum absolute atomic E-state index is 13.4. The summed E-state index contributed by atoms with van der Waals surface area (Å²) in [5, 5.41) is 16.1. The highest BCUT2D eigenvalue weighted by molar-refractivity contribution is 6.32. The van der Waals surface area contributed by atoms with Gasteiger partial charge in [-0.15, -0.1) is 0 Å². The van der Waals surface area contributed by atoms with Crippen molar-refractivity contribution in [3.63, 3.8) is 0 Å². The van der Waals surface area contributed by atoms with Crippen molar-refractivity contribution in [2.45, 2.75) is 13.5 Å². The molecule has 0 spiro atoms. The zero-order chi connectivity index (χ0) is 28.1. The van der Waals surface area contributed by atoms with Crippen LogP contribution in [0.2, 0.25) is 5.02 Å². The Hall–Kier alpha value is -5.02. The molecule has 1 heterocycles. The SMILES string of the molecule is CCOc1cc(C=Nn2c(-c3ccccc3)nc3ccccc3c2=O)cc(Cl)c1OCc1ccc([N+](=O)[O-])cc1. The van der Waals surface area contributed by atoms with Gasteiger partial charge in [-0.1, -0.05) is 54.1 Å². The van der Waals surface area contributed by atoms with E-state index in [4.69, 9.17) is 26.1 Å². The Balaban J connectivity index is 1.49. The van der Waals surface area contributed by atoms with E-state index in [0.717, 1.165) is 11.1 Å². The van der Waals surface area contributed by atoms with Crippen molar-refractivity contribution in [3.8, 4) is 22.9 Å². The minimum atomic E-state index is -0.458. The summed E-state index contributed by atoms with van der Waals surface area (Å²) < 4.78 is 13.0. The summed E-state index contributed by atoms with van der Waals surface area (Å²) in [6, 6.07) is 25.9. The number of fused-ring (bicyclic) bond motifs is 1. The summed E-state index contributed by atoms with van der Waals surface area (Å²) in [5.41, 5.74) is 2.32. The van der Waals surface area contributed by atoms with Crippen LogP contribution in [0.5, 0.6) is 11.5 Å². The first kappa shape index (κ1) is 26.6. The standard InChI is InChI=1S/C30H23ClN4O5/c1-2-39-27-17-21(16-25(31)28(27)40-19-20-12-14-23(15-13-20)35(37)38)18-32-34-29(22-8-4-3-5-9-22)33-26-11-7-6-10-24(26)30(34)36/h3-18H,2,19H2,1H3. The van der Waals surface area contributed by atoms with Gasteiger partial charge in [0.25, 0.3) is 11.2 Å². The van der Waals surface area contributed by atoms with Crippen LogP contribution in [0.25, 0.3) is 22.3 Å². The van der Waals surface area contributed by atoms with Gasteiger partial charge in [0.1, 0.15) is 6.61 Å². The van der Waals surface area contributed by atoms with Crippen molar-refractivity contribution in [3.05, 3.63) is 128 Å². The number of nitro benzene ring substituents is 1. The van der Waals surface area contributed by atoms with E-state index in [1.165, 1.54) is 23.0 Å². The summed E-state index contributed by atoms with van der Waals surface area (Å²) in [5.74, 6) is 1.12. The van der Waals surface area contributed by atoms with Gasteiger partial charge in [0, 0.05) is 17.7 Å². The first-order chi connectivity index (χ1) is 19.4. The van der Waals surface area contributed by atoms with E-state index in [1.54, 1.807) is 42.5 Å². The van der Waals surface area contributed by atoms with Crippen molar-refractivity contribution in [2.24, 2.45) is 5.10 Å². The molecule has 1 aromatic heterocycles. The third-order valence-electron chi connectivity index (χ3n) is 5.97. The van der Waals surface area contributed by atoms with Crippen molar-refractivity contribution >= 4 is 34.4 Å². The number of aromatic nitrogens is 2. The molecule has 0 aliphatic rings. The van der Waals surface area contributed by atoms with E-state index in [1.807, 2.05) is 43.3 Å². The number of hydrogen-bond acceptors (Lipinski definition) is 7. The quantitative estimate of drug-likeness (QED) is 0.117. The van der Waals surface area contributed by atoms with Gasteiger partial charge < -0.3 is 9.47 Å². The molecule has 0 saturated carbocycles. The van der Waals surface area contributed by atoms with E-state index in [9.17, 15) is 14.9 Å². The zero-order valence-electron chi connectivity index (χ0n) is 21.4. The highest BCUT2D eigenvalue weighted by Gasteiger charge is 2.15. The van der Waals surface area contributed by atoms with Crippen LogP contribution >= 0.6 is 11.6 Å². The second kappa shape index (κ2) is 11.8. The van der Waals surface area contributed by atoms with E-state index in [-0.39, 0.29) is 22.9 Å². The molecule has 10 heteroatoms. The number of nitrogens with zero attached hydrogens (tertiary/aromatic N) is 4. The molecular weight excluding hydrogens is 532 g/mol. The summed E-state index contributed by atoms with van der Waals surface area (Å²) in [6.45, 7) is 2.32. The summed E-state index contributed by atoms with van der Waals surface area (Å²) in [6.07, 6.45) is 1.51. The Morgan fingerprint density at radius 3 is 2.45 bits per heavy atom. The van der Waals surface area contributed by atoms with Gasteiger partial charge in [-0.25, -0.2) is 4.98 Å². The van der Waals surface area contributed by atoms with Crippen LogP contribution < -0.4 is 15.0 Å². The fraction of sp³-hybridized carbons (Fsp3) is 0.100. The van der Waals surface area contributed by atoms with Gasteiger partial charge >= 0.3 is 0 Å². The van der Waals surface area contributed by atoms with Crippen LogP contribution in [0.15, 0.2) is 101 Å². The van der Waals surface area contributed by atoms with Crippen LogP contribution in [0.4, 0.5) is 5.69 Å². The van der Waals surface area contributed by atoms with E-state index >= 15 is 0 Å². The molecule has 40 heavy (non-hydrogen) atoms. The molecule has 9 nitrogen and oxygen atoms in total. The average molecular weight is 555 g/mol. The number of benzene rings is 4. The van der Waals surface area contributed by atoms with Crippen molar-refractivity contribution in [1.29, 1.82) is 0 Å². The maximum atomic E-state index is 13.4. The van der Waals surface area contributed by atoms with Gasteiger partial charge in [0.2, 0.25) is 0 Å². The molecule has 5 rings (SSSR count). The van der Waals surface area contributed by atoms with Crippen molar-refractivity contribution < 1.29 is 14.4 Å². The molecule has 0 fully saturated rings. The number of ether oxygens (including phenoxy) is 2.